The van der Waals surface area contributed by atoms with Crippen molar-refractivity contribution in [3.63, 3.8) is 0 Å². The van der Waals surface area contributed by atoms with Crippen molar-refractivity contribution in [2.75, 3.05) is 47.5 Å². The Labute approximate surface area is 239 Å². The minimum absolute atomic E-state index is 0.00899. The van der Waals surface area contributed by atoms with E-state index in [0.29, 0.717) is 17.4 Å². The van der Waals surface area contributed by atoms with Gasteiger partial charge in [0.25, 0.3) is 7.82 Å². The summed E-state index contributed by atoms with van der Waals surface area (Å²) in [5, 5.41) is 9.82. The summed E-state index contributed by atoms with van der Waals surface area (Å²) < 4.78 is 26.7. The minimum Gasteiger partial charge on any atom is -0.756 e. The number of phosphoric acid groups is 1. The second-order valence-electron chi connectivity index (χ2n) is 11.3. The number of ether oxygens (including phenoxy) is 1. The highest BCUT2D eigenvalue weighted by Gasteiger charge is 2.16. The number of hydrogen-bond acceptors (Lipinski definition) is 7. The highest BCUT2D eigenvalue weighted by Crippen LogP contribution is 2.38. The van der Waals surface area contributed by atoms with E-state index in [1.54, 1.807) is 0 Å². The molecular formula is C30H58NO7P. The predicted molar refractivity (Wildman–Crippen MR) is 157 cm³/mol. The predicted octanol–water partition coefficient (Wildman–Crippen LogP) is 6.47. The molecule has 0 aromatic carbocycles. The molecule has 230 valence electrons. The molecule has 1 N–H and O–H groups in total. The summed E-state index contributed by atoms with van der Waals surface area (Å²) in [7, 11) is 1.24. The van der Waals surface area contributed by atoms with Gasteiger partial charge in [-0.05, 0) is 38.5 Å². The maximum Gasteiger partial charge on any atom is 0.305 e. The summed E-state index contributed by atoms with van der Waals surface area (Å²) >= 11 is 0. The first kappa shape index (κ1) is 38.0. The number of allylic oxidation sites excluding steroid dienone is 4. The number of aliphatic hydroxyl groups is 1. The fraction of sp³-hybridized carbons (Fsp3) is 0.833. The van der Waals surface area contributed by atoms with Gasteiger partial charge in [-0.15, -0.1) is 0 Å². The molecule has 0 radical (unpaired) electrons. The maximum atomic E-state index is 11.8. The van der Waals surface area contributed by atoms with Crippen LogP contribution in [-0.4, -0.2) is 69.2 Å². The third-order valence-corrected chi connectivity index (χ3v) is 7.17. The van der Waals surface area contributed by atoms with Crippen LogP contribution in [0, 0.1) is 0 Å². The largest absolute Gasteiger partial charge is 0.756 e. The molecule has 0 fully saturated rings. The molecule has 0 aromatic rings. The molecule has 0 spiro atoms. The van der Waals surface area contributed by atoms with Crippen LogP contribution in [0.2, 0.25) is 0 Å². The first-order valence-electron chi connectivity index (χ1n) is 15.1. The Balaban J connectivity index is 3.53. The van der Waals surface area contributed by atoms with Gasteiger partial charge in [-0.1, -0.05) is 89.0 Å². The lowest BCUT2D eigenvalue weighted by Crippen LogP contribution is -2.37. The third-order valence-electron chi connectivity index (χ3n) is 6.20. The number of hydrogen-bond donors (Lipinski definition) is 1. The Bertz CT molecular complexity index is 691. The fourth-order valence-corrected chi connectivity index (χ4v) is 4.47. The van der Waals surface area contributed by atoms with E-state index in [1.165, 1.54) is 70.6 Å². The number of phosphoric ester groups is 1. The van der Waals surface area contributed by atoms with Crippen molar-refractivity contribution < 1.29 is 37.6 Å². The maximum absolute atomic E-state index is 11.8. The zero-order valence-corrected chi connectivity index (χ0v) is 26.2. The van der Waals surface area contributed by atoms with Crippen molar-refractivity contribution in [3.8, 4) is 0 Å². The number of nitrogens with zero attached hydrogens (tertiary/aromatic N) is 1. The number of esters is 1. The molecule has 2 atom stereocenters. The summed E-state index contributed by atoms with van der Waals surface area (Å²) in [5.74, 6) is -0.393. The van der Waals surface area contributed by atoms with Crippen LogP contribution in [0.3, 0.4) is 0 Å². The summed E-state index contributed by atoms with van der Waals surface area (Å²) in [6.45, 7) is 1.91. The van der Waals surface area contributed by atoms with E-state index >= 15 is 0 Å². The smallest absolute Gasteiger partial charge is 0.305 e. The molecule has 0 aliphatic heterocycles. The lowest BCUT2D eigenvalue weighted by atomic mass is 10.1. The number of carbonyl (C=O) groups is 1. The molecule has 8 nitrogen and oxygen atoms in total. The third kappa shape index (κ3) is 29.8. The topological polar surface area (TPSA) is 105 Å². The Morgan fingerprint density at radius 1 is 0.821 bits per heavy atom. The molecule has 1 unspecified atom stereocenters. The van der Waals surface area contributed by atoms with E-state index in [0.717, 1.165) is 25.7 Å². The van der Waals surface area contributed by atoms with E-state index < -0.39 is 26.5 Å². The molecule has 9 heteroatoms. The van der Waals surface area contributed by atoms with Crippen molar-refractivity contribution in [1.82, 2.24) is 0 Å². The van der Waals surface area contributed by atoms with Gasteiger partial charge in [-0.2, -0.15) is 0 Å². The number of likely N-dealkylation sites (N-methyl/N-ethyl adjacent to an activating group) is 1. The highest BCUT2D eigenvalue weighted by atomic mass is 31.2. The molecule has 0 aromatic heterocycles. The molecule has 0 aliphatic carbocycles. The summed E-state index contributed by atoms with van der Waals surface area (Å²) in [6, 6.07) is 0. The Kier molecular flexibility index (Phi) is 24.1. The molecule has 0 saturated heterocycles. The SMILES string of the molecule is CCCCC/C=C/C/C=C/CCCCCCCCCCCC(=O)OC[C@@H](O)COP(=O)([O-])OCC[N+](C)(C)C. The number of aliphatic hydroxyl groups excluding tert-OH is 1. The van der Waals surface area contributed by atoms with Crippen molar-refractivity contribution in [2.24, 2.45) is 0 Å². The number of quaternary nitrogens is 1. The van der Waals surface area contributed by atoms with Crippen LogP contribution in [-0.2, 0) is 23.1 Å². The quantitative estimate of drug-likeness (QED) is 0.0393. The van der Waals surface area contributed by atoms with Gasteiger partial charge < -0.3 is 28.3 Å². The molecule has 0 heterocycles. The van der Waals surface area contributed by atoms with Crippen molar-refractivity contribution in [1.29, 1.82) is 0 Å². The zero-order valence-electron chi connectivity index (χ0n) is 25.3. The Morgan fingerprint density at radius 2 is 1.36 bits per heavy atom. The van der Waals surface area contributed by atoms with Gasteiger partial charge in [0.2, 0.25) is 0 Å². The van der Waals surface area contributed by atoms with Crippen LogP contribution in [0.5, 0.6) is 0 Å². The average Bonchev–Trinajstić information content (AvgIpc) is 2.86. The summed E-state index contributed by atoms with van der Waals surface area (Å²) in [6.07, 6.45) is 26.0. The second-order valence-corrected chi connectivity index (χ2v) is 12.7. The van der Waals surface area contributed by atoms with Crippen LogP contribution in [0.15, 0.2) is 24.3 Å². The van der Waals surface area contributed by atoms with Gasteiger partial charge in [0.1, 0.15) is 25.9 Å². The van der Waals surface area contributed by atoms with Crippen LogP contribution in [0.25, 0.3) is 0 Å². The van der Waals surface area contributed by atoms with Crippen LogP contribution in [0.4, 0.5) is 0 Å². The van der Waals surface area contributed by atoms with Crippen LogP contribution in [0.1, 0.15) is 110 Å². The van der Waals surface area contributed by atoms with Gasteiger partial charge in [-0.3, -0.25) is 9.36 Å². The first-order valence-corrected chi connectivity index (χ1v) is 16.6. The van der Waals surface area contributed by atoms with Gasteiger partial charge in [0.05, 0.1) is 27.7 Å². The van der Waals surface area contributed by atoms with Gasteiger partial charge in [0, 0.05) is 6.42 Å². The van der Waals surface area contributed by atoms with Gasteiger partial charge >= 0.3 is 5.97 Å². The lowest BCUT2D eigenvalue weighted by molar-refractivity contribution is -0.870. The van der Waals surface area contributed by atoms with Crippen molar-refractivity contribution >= 4 is 13.8 Å². The standard InChI is InChI=1S/C30H58NO7P/c1-5-6-7-8-9-10-11-12-13-14-15-16-17-18-19-20-21-22-23-24-30(33)36-27-29(32)28-38-39(34,35)37-26-25-31(2,3)4/h9-10,12-13,29,32H,5-8,11,14-28H2,1-4H3/b10-9+,13-12+/t29-/m1/s1. The molecule has 0 rings (SSSR count). The van der Waals surface area contributed by atoms with E-state index in [-0.39, 0.29) is 13.2 Å². The van der Waals surface area contributed by atoms with E-state index in [1.807, 2.05) is 21.1 Å². The molecule has 0 saturated carbocycles. The van der Waals surface area contributed by atoms with Gasteiger partial charge in [0.15, 0.2) is 0 Å². The molecule has 39 heavy (non-hydrogen) atoms. The Morgan fingerprint density at radius 3 is 1.92 bits per heavy atom. The number of carbonyl (C=O) groups excluding carboxylic acids is 1. The van der Waals surface area contributed by atoms with E-state index in [4.69, 9.17) is 9.26 Å². The van der Waals surface area contributed by atoms with Crippen LogP contribution >= 0.6 is 7.82 Å². The van der Waals surface area contributed by atoms with Crippen molar-refractivity contribution in [3.05, 3.63) is 24.3 Å². The van der Waals surface area contributed by atoms with Crippen LogP contribution < -0.4 is 4.89 Å². The summed E-state index contributed by atoms with van der Waals surface area (Å²) in [4.78, 5) is 23.6. The number of unbranched alkanes of at least 4 members (excludes halogenated alkanes) is 12. The monoisotopic (exact) mass is 575 g/mol. The normalized spacial score (nSPS) is 14.7. The van der Waals surface area contributed by atoms with Crippen molar-refractivity contribution in [2.45, 2.75) is 116 Å². The highest BCUT2D eigenvalue weighted by molar-refractivity contribution is 7.45. The lowest BCUT2D eigenvalue weighted by Gasteiger charge is -2.27. The zero-order chi connectivity index (χ0) is 29.2. The summed E-state index contributed by atoms with van der Waals surface area (Å²) in [5.41, 5.74) is 0. The Hall–Kier alpha value is -1.02. The molecule has 0 amide bonds. The molecule has 0 bridgehead atoms. The minimum atomic E-state index is -4.50. The average molecular weight is 576 g/mol. The first-order chi connectivity index (χ1) is 18.6. The number of rotatable bonds is 27. The molecule has 0 aliphatic rings. The fourth-order valence-electron chi connectivity index (χ4n) is 3.74. The van der Waals surface area contributed by atoms with E-state index in [9.17, 15) is 19.4 Å². The van der Waals surface area contributed by atoms with Gasteiger partial charge in [-0.25, -0.2) is 0 Å². The second kappa shape index (κ2) is 24.8. The molecular weight excluding hydrogens is 517 g/mol. The van der Waals surface area contributed by atoms with E-state index in [2.05, 4.69) is 35.8 Å².